The molecule has 1 atom stereocenters. The third-order valence-electron chi connectivity index (χ3n) is 3.85. The van der Waals surface area contributed by atoms with Gasteiger partial charge in [0.2, 0.25) is 0 Å². The number of hydrogen-bond acceptors (Lipinski definition) is 5. The van der Waals surface area contributed by atoms with E-state index in [0.29, 0.717) is 42.8 Å². The number of para-hydroxylation sites is 2. The van der Waals surface area contributed by atoms with E-state index in [1.54, 1.807) is 7.11 Å². The van der Waals surface area contributed by atoms with E-state index in [-0.39, 0.29) is 6.10 Å². The van der Waals surface area contributed by atoms with Crippen LogP contribution < -0.4 is 24.3 Å². The van der Waals surface area contributed by atoms with Crippen LogP contribution in [0.2, 0.25) is 5.02 Å². The molecule has 1 N–H and O–H groups in total. The summed E-state index contributed by atoms with van der Waals surface area (Å²) in [5.74, 6) is 2.79. The minimum atomic E-state index is -0.0324. The molecule has 1 heterocycles. The fourth-order valence-electron chi connectivity index (χ4n) is 2.70. The highest BCUT2D eigenvalue weighted by molar-refractivity contribution is 6.32. The van der Waals surface area contributed by atoms with E-state index in [1.165, 1.54) is 0 Å². The number of ether oxygens (including phenoxy) is 4. The maximum absolute atomic E-state index is 6.30. The molecule has 0 aromatic heterocycles. The summed E-state index contributed by atoms with van der Waals surface area (Å²) in [6, 6.07) is 11.5. The summed E-state index contributed by atoms with van der Waals surface area (Å²) < 4.78 is 22.6. The van der Waals surface area contributed by atoms with E-state index in [1.807, 2.05) is 43.3 Å². The van der Waals surface area contributed by atoms with Crippen LogP contribution in [0.3, 0.4) is 0 Å². The summed E-state index contributed by atoms with van der Waals surface area (Å²) >= 11 is 6.30. The zero-order chi connectivity index (χ0) is 17.6. The number of methoxy groups -OCH3 is 1. The van der Waals surface area contributed by atoms with E-state index in [9.17, 15) is 0 Å². The van der Waals surface area contributed by atoms with Gasteiger partial charge in [0.05, 0.1) is 18.7 Å². The quantitative estimate of drug-likeness (QED) is 0.813. The molecule has 0 saturated heterocycles. The zero-order valence-electron chi connectivity index (χ0n) is 14.4. The third kappa shape index (κ3) is 4.30. The van der Waals surface area contributed by atoms with Crippen molar-refractivity contribution in [2.75, 3.05) is 26.9 Å². The van der Waals surface area contributed by atoms with Crippen molar-refractivity contribution in [3.05, 3.63) is 47.0 Å². The normalized spacial score (nSPS) is 15.7. The van der Waals surface area contributed by atoms with Gasteiger partial charge in [-0.25, -0.2) is 0 Å². The average Bonchev–Trinajstić information content (AvgIpc) is 2.63. The van der Waals surface area contributed by atoms with Gasteiger partial charge in [-0.05, 0) is 36.8 Å². The highest BCUT2D eigenvalue weighted by Gasteiger charge is 2.20. The van der Waals surface area contributed by atoms with Crippen molar-refractivity contribution in [1.29, 1.82) is 0 Å². The minimum Gasteiger partial charge on any atom is -0.493 e. The van der Waals surface area contributed by atoms with Gasteiger partial charge in [-0.1, -0.05) is 23.7 Å². The van der Waals surface area contributed by atoms with Crippen molar-refractivity contribution in [1.82, 2.24) is 5.32 Å². The molecule has 2 aromatic carbocycles. The smallest absolute Gasteiger partial charge is 0.179 e. The lowest BCUT2D eigenvalue weighted by Gasteiger charge is -2.26. The lowest BCUT2D eigenvalue weighted by molar-refractivity contribution is 0.0902. The summed E-state index contributed by atoms with van der Waals surface area (Å²) in [4.78, 5) is 0. The van der Waals surface area contributed by atoms with E-state index in [4.69, 9.17) is 30.5 Å². The molecule has 1 aliphatic heterocycles. The second-order valence-corrected chi connectivity index (χ2v) is 6.08. The first-order chi connectivity index (χ1) is 12.2. The molecule has 0 aliphatic carbocycles. The van der Waals surface area contributed by atoms with Crippen LogP contribution in [0, 0.1) is 0 Å². The maximum Gasteiger partial charge on any atom is 0.179 e. The highest BCUT2D eigenvalue weighted by atomic mass is 35.5. The van der Waals surface area contributed by atoms with Crippen LogP contribution >= 0.6 is 11.6 Å². The summed E-state index contributed by atoms with van der Waals surface area (Å²) in [5, 5.41) is 3.92. The predicted molar refractivity (Wildman–Crippen MR) is 97.2 cm³/mol. The topological polar surface area (TPSA) is 49.0 Å². The van der Waals surface area contributed by atoms with E-state index in [2.05, 4.69) is 5.32 Å². The number of rotatable bonds is 7. The Morgan fingerprint density at radius 3 is 2.80 bits per heavy atom. The summed E-state index contributed by atoms with van der Waals surface area (Å²) in [5.41, 5.74) is 1.02. The molecule has 1 unspecified atom stereocenters. The number of fused-ring (bicyclic) bond motifs is 1. The average molecular weight is 364 g/mol. The maximum atomic E-state index is 6.30. The molecule has 3 rings (SSSR count). The number of benzene rings is 2. The molecule has 0 saturated carbocycles. The van der Waals surface area contributed by atoms with E-state index >= 15 is 0 Å². The third-order valence-corrected chi connectivity index (χ3v) is 4.13. The molecule has 2 aromatic rings. The fourth-order valence-corrected chi connectivity index (χ4v) is 2.99. The Bertz CT molecular complexity index is 723. The minimum absolute atomic E-state index is 0.0324. The Morgan fingerprint density at radius 2 is 2.04 bits per heavy atom. The highest BCUT2D eigenvalue weighted by Crippen LogP contribution is 2.36. The van der Waals surface area contributed by atoms with E-state index in [0.717, 1.165) is 17.1 Å². The summed E-state index contributed by atoms with van der Waals surface area (Å²) in [6.45, 7) is 4.28. The van der Waals surface area contributed by atoms with Crippen molar-refractivity contribution >= 4 is 11.6 Å². The molecule has 134 valence electrons. The Morgan fingerprint density at radius 1 is 1.24 bits per heavy atom. The van der Waals surface area contributed by atoms with Gasteiger partial charge in [-0.3, -0.25) is 0 Å². The van der Waals surface area contributed by atoms with Crippen molar-refractivity contribution < 1.29 is 18.9 Å². The number of nitrogens with one attached hydrogen (secondary N) is 1. The molecule has 0 bridgehead atoms. The van der Waals surface area contributed by atoms with Gasteiger partial charge in [0.1, 0.15) is 12.7 Å². The lowest BCUT2D eigenvalue weighted by atomic mass is 10.2. The Hall–Kier alpha value is -2.11. The molecule has 0 fully saturated rings. The Labute approximate surface area is 152 Å². The molecule has 6 heteroatoms. The van der Waals surface area contributed by atoms with Gasteiger partial charge in [0, 0.05) is 13.1 Å². The van der Waals surface area contributed by atoms with Crippen molar-refractivity contribution in [3.8, 4) is 23.0 Å². The van der Waals surface area contributed by atoms with Gasteiger partial charge in [0.15, 0.2) is 23.0 Å². The van der Waals surface area contributed by atoms with Crippen molar-refractivity contribution in [2.45, 2.75) is 19.6 Å². The number of halogens is 1. The molecule has 0 radical (unpaired) electrons. The van der Waals surface area contributed by atoms with E-state index < -0.39 is 0 Å². The largest absolute Gasteiger partial charge is 0.493 e. The molecule has 5 nitrogen and oxygen atoms in total. The van der Waals surface area contributed by atoms with Crippen LogP contribution in [0.4, 0.5) is 0 Å². The first-order valence-corrected chi connectivity index (χ1v) is 8.67. The second kappa shape index (κ2) is 8.32. The van der Waals surface area contributed by atoms with Crippen LogP contribution in [-0.2, 0) is 6.54 Å². The summed E-state index contributed by atoms with van der Waals surface area (Å²) in [7, 11) is 1.61. The fraction of sp³-hybridized carbons (Fsp3) is 0.368. The zero-order valence-corrected chi connectivity index (χ0v) is 15.1. The first kappa shape index (κ1) is 17.7. The number of hydrogen-bond donors (Lipinski definition) is 1. The summed E-state index contributed by atoms with van der Waals surface area (Å²) in [6.07, 6.45) is -0.0324. The monoisotopic (exact) mass is 363 g/mol. The standard InChI is InChI=1S/C19H22ClNO4/c1-3-23-19-15(20)8-13(9-18(19)22-2)10-21-11-14-12-24-16-6-4-5-7-17(16)25-14/h4-9,14,21H,3,10-12H2,1-2H3. The molecular weight excluding hydrogens is 342 g/mol. The predicted octanol–water partition coefficient (Wildman–Crippen LogP) is 3.68. The van der Waals surface area contributed by atoms with Crippen LogP contribution in [0.25, 0.3) is 0 Å². The Balaban J connectivity index is 1.57. The van der Waals surface area contributed by atoms with Gasteiger partial charge in [-0.15, -0.1) is 0 Å². The van der Waals surface area contributed by atoms with Gasteiger partial charge in [0.25, 0.3) is 0 Å². The second-order valence-electron chi connectivity index (χ2n) is 5.67. The molecule has 0 spiro atoms. The lowest BCUT2D eigenvalue weighted by Crippen LogP contribution is -2.38. The molecule has 0 amide bonds. The van der Waals surface area contributed by atoms with Gasteiger partial charge >= 0.3 is 0 Å². The SMILES string of the molecule is CCOc1c(Cl)cc(CNCC2COc3ccccc3O2)cc1OC. The van der Waals surface area contributed by atoms with Crippen molar-refractivity contribution in [2.24, 2.45) is 0 Å². The van der Waals surface area contributed by atoms with Gasteiger partial charge in [-0.2, -0.15) is 0 Å². The van der Waals surface area contributed by atoms with Crippen LogP contribution in [0.5, 0.6) is 23.0 Å². The molecular formula is C19H22ClNO4. The van der Waals surface area contributed by atoms with Gasteiger partial charge < -0.3 is 24.3 Å². The van der Waals surface area contributed by atoms with Crippen LogP contribution in [0.1, 0.15) is 12.5 Å². The first-order valence-electron chi connectivity index (χ1n) is 8.29. The van der Waals surface area contributed by atoms with Crippen molar-refractivity contribution in [3.63, 3.8) is 0 Å². The molecule has 25 heavy (non-hydrogen) atoms. The Kier molecular flexibility index (Phi) is 5.89. The molecule has 1 aliphatic rings. The van der Waals surface area contributed by atoms with Crippen LogP contribution in [0.15, 0.2) is 36.4 Å². The van der Waals surface area contributed by atoms with Crippen LogP contribution in [-0.4, -0.2) is 33.0 Å².